The molecule has 0 spiro atoms. The molecule has 31 heavy (non-hydrogen) atoms. The Morgan fingerprint density at radius 3 is 2.29 bits per heavy atom. The molecule has 0 fully saturated rings. The molecule has 0 aliphatic heterocycles. The van der Waals surface area contributed by atoms with Crippen molar-refractivity contribution < 1.29 is 14.0 Å². The zero-order chi connectivity index (χ0) is 22.4. The van der Waals surface area contributed by atoms with Gasteiger partial charge in [-0.05, 0) is 59.6 Å². The first kappa shape index (κ1) is 22.2. The maximum Gasteiger partial charge on any atom is 0.257 e. The lowest BCUT2D eigenvalue weighted by molar-refractivity contribution is 0.0947. The van der Waals surface area contributed by atoms with E-state index in [-0.39, 0.29) is 28.9 Å². The van der Waals surface area contributed by atoms with Gasteiger partial charge in [-0.15, -0.1) is 0 Å². The van der Waals surface area contributed by atoms with Crippen molar-refractivity contribution in [2.24, 2.45) is 0 Å². The topological polar surface area (TPSA) is 83.4 Å². The van der Waals surface area contributed by atoms with Crippen molar-refractivity contribution in [1.29, 1.82) is 0 Å². The summed E-state index contributed by atoms with van der Waals surface area (Å²) in [5.41, 5.74) is 2.54. The molecule has 0 bridgehead atoms. The minimum Gasteiger partial charge on any atom is -0.467 e. The van der Waals surface area contributed by atoms with E-state index in [2.05, 4.69) is 36.7 Å². The number of para-hydroxylation sites is 1. The SMILES string of the molecule is CC(C)(C)c1ccc(C(=O)NC(=S)Nc2ccccc2C(=O)NCc2ccco2)cc1. The second kappa shape index (κ2) is 9.57. The van der Waals surface area contributed by atoms with Crippen LogP contribution in [0.15, 0.2) is 71.3 Å². The third-order valence-corrected chi connectivity index (χ3v) is 4.87. The quantitative estimate of drug-likeness (QED) is 0.509. The fraction of sp³-hybridized carbons (Fsp3) is 0.208. The van der Waals surface area contributed by atoms with Gasteiger partial charge in [-0.1, -0.05) is 45.0 Å². The first-order valence-electron chi connectivity index (χ1n) is 9.86. The molecule has 0 radical (unpaired) electrons. The van der Waals surface area contributed by atoms with Crippen molar-refractivity contribution in [2.75, 3.05) is 5.32 Å². The average molecular weight is 436 g/mol. The Labute approximate surface area is 187 Å². The van der Waals surface area contributed by atoms with Gasteiger partial charge in [0.25, 0.3) is 11.8 Å². The number of rotatable bonds is 5. The summed E-state index contributed by atoms with van der Waals surface area (Å²) >= 11 is 5.28. The lowest BCUT2D eigenvalue weighted by Gasteiger charge is -2.19. The van der Waals surface area contributed by atoms with Gasteiger partial charge in [-0.3, -0.25) is 14.9 Å². The molecule has 6 nitrogen and oxygen atoms in total. The minimum atomic E-state index is -0.322. The molecule has 1 heterocycles. The maximum atomic E-state index is 12.6. The number of carbonyl (C=O) groups is 2. The van der Waals surface area contributed by atoms with Gasteiger partial charge in [0, 0.05) is 5.56 Å². The molecule has 2 aromatic carbocycles. The zero-order valence-corrected chi connectivity index (χ0v) is 18.5. The maximum absolute atomic E-state index is 12.6. The van der Waals surface area contributed by atoms with Gasteiger partial charge in [-0.2, -0.15) is 0 Å². The van der Waals surface area contributed by atoms with Crippen LogP contribution in [0.3, 0.4) is 0 Å². The number of amides is 2. The molecule has 0 aliphatic rings. The Hall–Kier alpha value is -3.45. The third-order valence-electron chi connectivity index (χ3n) is 4.66. The lowest BCUT2D eigenvalue weighted by Crippen LogP contribution is -2.35. The Balaban J connectivity index is 1.62. The first-order valence-corrected chi connectivity index (χ1v) is 10.3. The smallest absolute Gasteiger partial charge is 0.257 e. The Bertz CT molecular complexity index is 1070. The van der Waals surface area contributed by atoms with E-state index in [9.17, 15) is 9.59 Å². The van der Waals surface area contributed by atoms with Crippen molar-refractivity contribution in [1.82, 2.24) is 10.6 Å². The van der Waals surface area contributed by atoms with Crippen LogP contribution in [0, 0.1) is 0 Å². The van der Waals surface area contributed by atoms with Crippen molar-refractivity contribution in [3.05, 3.63) is 89.4 Å². The van der Waals surface area contributed by atoms with E-state index in [4.69, 9.17) is 16.6 Å². The average Bonchev–Trinajstić information content (AvgIpc) is 3.25. The summed E-state index contributed by atoms with van der Waals surface area (Å²) in [7, 11) is 0. The normalized spacial score (nSPS) is 10.9. The van der Waals surface area contributed by atoms with Gasteiger partial charge in [0.1, 0.15) is 5.76 Å². The summed E-state index contributed by atoms with van der Waals surface area (Å²) in [6.45, 7) is 6.61. The number of furan rings is 1. The Morgan fingerprint density at radius 2 is 1.65 bits per heavy atom. The molecule has 3 aromatic rings. The zero-order valence-electron chi connectivity index (χ0n) is 17.7. The van der Waals surface area contributed by atoms with Gasteiger partial charge in [-0.25, -0.2) is 0 Å². The molecule has 0 atom stereocenters. The van der Waals surface area contributed by atoms with Crippen LogP contribution in [0.4, 0.5) is 5.69 Å². The van der Waals surface area contributed by atoms with E-state index < -0.39 is 0 Å². The highest BCUT2D eigenvalue weighted by atomic mass is 32.1. The fourth-order valence-corrected chi connectivity index (χ4v) is 3.12. The van der Waals surface area contributed by atoms with Crippen LogP contribution in [0.1, 0.15) is 52.8 Å². The predicted octanol–water partition coefficient (Wildman–Crippen LogP) is 4.63. The van der Waals surface area contributed by atoms with E-state index >= 15 is 0 Å². The number of hydrogen-bond acceptors (Lipinski definition) is 4. The number of carbonyl (C=O) groups excluding carboxylic acids is 2. The van der Waals surface area contributed by atoms with E-state index in [0.29, 0.717) is 22.6 Å². The second-order valence-corrected chi connectivity index (χ2v) is 8.45. The highest BCUT2D eigenvalue weighted by molar-refractivity contribution is 7.80. The Morgan fingerprint density at radius 1 is 0.935 bits per heavy atom. The van der Waals surface area contributed by atoms with Crippen LogP contribution in [0.5, 0.6) is 0 Å². The fourth-order valence-electron chi connectivity index (χ4n) is 2.92. The van der Waals surface area contributed by atoms with Crippen LogP contribution in [-0.2, 0) is 12.0 Å². The number of nitrogens with one attached hydrogen (secondary N) is 3. The molecule has 2 amide bonds. The highest BCUT2D eigenvalue weighted by Crippen LogP contribution is 2.22. The molecule has 3 N–H and O–H groups in total. The van der Waals surface area contributed by atoms with E-state index in [1.54, 1.807) is 54.8 Å². The van der Waals surface area contributed by atoms with E-state index in [0.717, 1.165) is 5.56 Å². The van der Waals surface area contributed by atoms with Gasteiger partial charge < -0.3 is 15.1 Å². The second-order valence-electron chi connectivity index (χ2n) is 8.04. The van der Waals surface area contributed by atoms with E-state index in [1.807, 2.05) is 12.1 Å². The minimum absolute atomic E-state index is 0.00703. The molecule has 0 aliphatic carbocycles. The van der Waals surface area contributed by atoms with Gasteiger partial charge in [0.05, 0.1) is 24.1 Å². The Kier molecular flexibility index (Phi) is 6.87. The molecular formula is C24H25N3O3S. The molecule has 0 unspecified atom stereocenters. The highest BCUT2D eigenvalue weighted by Gasteiger charge is 2.16. The number of hydrogen-bond donors (Lipinski definition) is 3. The van der Waals surface area contributed by atoms with Crippen molar-refractivity contribution in [2.45, 2.75) is 32.7 Å². The number of thiocarbonyl (C=S) groups is 1. The van der Waals surface area contributed by atoms with Gasteiger partial charge >= 0.3 is 0 Å². The number of anilines is 1. The summed E-state index contributed by atoms with van der Waals surface area (Å²) in [6, 6.07) is 17.9. The summed E-state index contributed by atoms with van der Waals surface area (Å²) in [5.74, 6) is 0.0446. The van der Waals surface area contributed by atoms with Crippen LogP contribution in [-0.4, -0.2) is 16.9 Å². The molecule has 0 saturated carbocycles. The summed E-state index contributed by atoms with van der Waals surface area (Å²) in [4.78, 5) is 25.1. The number of benzene rings is 2. The van der Waals surface area contributed by atoms with Crippen molar-refractivity contribution >= 4 is 34.8 Å². The molecule has 7 heteroatoms. The standard InChI is InChI=1S/C24H25N3O3S/c1-24(2,3)17-12-10-16(11-13-17)21(28)27-23(31)26-20-9-5-4-8-19(20)22(29)25-15-18-7-6-14-30-18/h4-14H,15H2,1-3H3,(H,25,29)(H2,26,27,28,31). The predicted molar refractivity (Wildman–Crippen MR) is 125 cm³/mol. The van der Waals surface area contributed by atoms with Crippen molar-refractivity contribution in [3.63, 3.8) is 0 Å². The van der Waals surface area contributed by atoms with Crippen LogP contribution in [0.2, 0.25) is 0 Å². The molecular weight excluding hydrogens is 410 g/mol. The monoisotopic (exact) mass is 435 g/mol. The first-order chi connectivity index (χ1) is 14.7. The molecule has 1 aromatic heterocycles. The summed E-state index contributed by atoms with van der Waals surface area (Å²) < 4.78 is 5.23. The largest absolute Gasteiger partial charge is 0.467 e. The summed E-state index contributed by atoms with van der Waals surface area (Å²) in [6.07, 6.45) is 1.55. The molecule has 160 valence electrons. The molecule has 0 saturated heterocycles. The molecule has 3 rings (SSSR count). The van der Waals surface area contributed by atoms with E-state index in [1.165, 1.54) is 0 Å². The van der Waals surface area contributed by atoms with Crippen LogP contribution < -0.4 is 16.0 Å². The van der Waals surface area contributed by atoms with Gasteiger partial charge in [0.15, 0.2) is 5.11 Å². The lowest BCUT2D eigenvalue weighted by atomic mass is 9.87. The van der Waals surface area contributed by atoms with Crippen LogP contribution >= 0.6 is 12.2 Å². The summed E-state index contributed by atoms with van der Waals surface area (Å²) in [5, 5.41) is 8.50. The van der Waals surface area contributed by atoms with Gasteiger partial charge in [0.2, 0.25) is 0 Å². The van der Waals surface area contributed by atoms with Crippen LogP contribution in [0.25, 0.3) is 0 Å². The van der Waals surface area contributed by atoms with Crippen molar-refractivity contribution in [3.8, 4) is 0 Å². The third kappa shape index (κ3) is 6.02.